The second-order valence-corrected chi connectivity index (χ2v) is 12.6. The standard InChI is InChI=1S/C26H27F3N10O4S/c1-4-9-38-23(40)18-12-31-24(34-22(18)39(38)21-14-30-13-20(33-21)35-44(2,3)43)32-16-5-7-17(8-6-16)36-10-11-37(25(41)42)19(15-36)26(27,28)29/h4-8,12-14,19H,1,9-11,15H2,2-3H3,(H,41,42)(H,31,32,34). The van der Waals surface area contributed by atoms with Crippen molar-refractivity contribution < 1.29 is 27.3 Å². The van der Waals surface area contributed by atoms with E-state index in [9.17, 15) is 32.1 Å². The molecule has 18 heteroatoms. The normalized spacial score (nSPS) is 15.8. The van der Waals surface area contributed by atoms with E-state index in [1.807, 2.05) is 0 Å². The lowest BCUT2D eigenvalue weighted by atomic mass is 10.1. The number of nitrogens with one attached hydrogen (secondary N) is 1. The topological polar surface area (TPSA) is 164 Å². The van der Waals surface area contributed by atoms with Crippen LogP contribution in [0.5, 0.6) is 0 Å². The van der Waals surface area contributed by atoms with E-state index in [1.54, 1.807) is 24.3 Å². The van der Waals surface area contributed by atoms with Crippen molar-refractivity contribution in [2.75, 3.05) is 42.4 Å². The maximum absolute atomic E-state index is 13.5. The fraction of sp³-hybridized carbons (Fsp3) is 0.308. The van der Waals surface area contributed by atoms with Crippen LogP contribution in [0.25, 0.3) is 16.9 Å². The van der Waals surface area contributed by atoms with Crippen LogP contribution < -0.4 is 15.8 Å². The lowest BCUT2D eigenvalue weighted by Gasteiger charge is -2.41. The minimum atomic E-state index is -4.71. The molecule has 1 amide bonds. The third kappa shape index (κ3) is 6.34. The smallest absolute Gasteiger partial charge is 0.410 e. The number of nitrogens with zero attached hydrogens (tertiary/aromatic N) is 9. The predicted octanol–water partition coefficient (Wildman–Crippen LogP) is 3.39. The van der Waals surface area contributed by atoms with Crippen molar-refractivity contribution in [1.29, 1.82) is 0 Å². The van der Waals surface area contributed by atoms with E-state index in [1.165, 1.54) is 51.4 Å². The number of carboxylic acid groups (broad SMARTS) is 1. The maximum atomic E-state index is 13.5. The van der Waals surface area contributed by atoms with Gasteiger partial charge in [-0.1, -0.05) is 6.08 Å². The lowest BCUT2D eigenvalue weighted by Crippen LogP contribution is -2.60. The molecule has 0 saturated carbocycles. The van der Waals surface area contributed by atoms with Gasteiger partial charge in [-0.2, -0.15) is 22.5 Å². The molecule has 1 saturated heterocycles. The van der Waals surface area contributed by atoms with Crippen molar-refractivity contribution in [1.82, 2.24) is 34.2 Å². The summed E-state index contributed by atoms with van der Waals surface area (Å²) < 4.78 is 59.7. The molecule has 3 aromatic heterocycles. The van der Waals surface area contributed by atoms with Crippen LogP contribution in [-0.4, -0.2) is 94.0 Å². The maximum Gasteiger partial charge on any atom is 0.410 e. The fourth-order valence-electron chi connectivity index (χ4n) is 4.74. The molecule has 0 radical (unpaired) electrons. The van der Waals surface area contributed by atoms with Crippen molar-refractivity contribution in [3.63, 3.8) is 0 Å². The van der Waals surface area contributed by atoms with E-state index in [4.69, 9.17) is 0 Å². The van der Waals surface area contributed by atoms with Gasteiger partial charge in [0, 0.05) is 59.4 Å². The van der Waals surface area contributed by atoms with E-state index in [0.29, 0.717) is 16.3 Å². The van der Waals surface area contributed by atoms with Crippen LogP contribution in [0.2, 0.25) is 0 Å². The summed E-state index contributed by atoms with van der Waals surface area (Å²) in [5.74, 6) is 0.411. The molecule has 1 fully saturated rings. The van der Waals surface area contributed by atoms with Gasteiger partial charge in [-0.25, -0.2) is 28.3 Å². The molecule has 4 heterocycles. The third-order valence-electron chi connectivity index (χ3n) is 6.61. The number of carbonyl (C=O) groups is 1. The highest BCUT2D eigenvalue weighted by molar-refractivity contribution is 7.92. The van der Waals surface area contributed by atoms with Crippen molar-refractivity contribution >= 4 is 50.0 Å². The van der Waals surface area contributed by atoms with Gasteiger partial charge in [-0.15, -0.1) is 6.58 Å². The van der Waals surface area contributed by atoms with Crippen LogP contribution in [0.15, 0.2) is 64.7 Å². The number of alkyl halides is 3. The average molecular weight is 633 g/mol. The molecule has 5 rings (SSSR count). The molecule has 4 aromatic rings. The Morgan fingerprint density at radius 3 is 2.55 bits per heavy atom. The summed E-state index contributed by atoms with van der Waals surface area (Å²) in [6.45, 7) is 3.08. The van der Waals surface area contributed by atoms with Gasteiger partial charge in [0.15, 0.2) is 17.3 Å². The van der Waals surface area contributed by atoms with E-state index in [2.05, 4.69) is 36.2 Å². The van der Waals surface area contributed by atoms with Crippen LogP contribution in [0, 0.1) is 0 Å². The molecule has 1 aromatic carbocycles. The van der Waals surface area contributed by atoms with Gasteiger partial charge in [-0.05, 0) is 24.3 Å². The molecule has 1 atom stereocenters. The predicted molar refractivity (Wildman–Crippen MR) is 158 cm³/mol. The Labute approximate surface area is 248 Å². The number of halogens is 3. The van der Waals surface area contributed by atoms with Crippen molar-refractivity contribution in [3.05, 3.63) is 65.9 Å². The Kier molecular flexibility index (Phi) is 8.02. The Balaban J connectivity index is 1.45. The summed E-state index contributed by atoms with van der Waals surface area (Å²) in [5, 5.41) is 12.4. The van der Waals surface area contributed by atoms with E-state index in [-0.39, 0.29) is 48.3 Å². The fourth-order valence-corrected chi connectivity index (χ4v) is 5.28. The first kappa shape index (κ1) is 30.5. The molecular formula is C26H27F3N10O4S. The number of piperazine rings is 1. The van der Waals surface area contributed by atoms with Crippen LogP contribution >= 0.6 is 0 Å². The number of hydrogen-bond donors (Lipinski definition) is 2. The number of hydrogen-bond acceptors (Lipinski definition) is 10. The first-order valence-electron chi connectivity index (χ1n) is 13.0. The highest BCUT2D eigenvalue weighted by Gasteiger charge is 2.48. The monoisotopic (exact) mass is 632 g/mol. The lowest BCUT2D eigenvalue weighted by molar-refractivity contribution is -0.178. The van der Waals surface area contributed by atoms with Crippen LogP contribution in [-0.2, 0) is 16.3 Å². The minimum Gasteiger partial charge on any atom is -0.465 e. The molecule has 44 heavy (non-hydrogen) atoms. The minimum absolute atomic E-state index is 0.0929. The number of amides is 1. The molecule has 2 N–H and O–H groups in total. The van der Waals surface area contributed by atoms with Gasteiger partial charge in [0.1, 0.15) is 11.4 Å². The van der Waals surface area contributed by atoms with Gasteiger partial charge in [0.2, 0.25) is 5.95 Å². The average Bonchev–Trinajstić information content (AvgIpc) is 3.22. The number of rotatable bonds is 7. The van der Waals surface area contributed by atoms with Gasteiger partial charge in [0.05, 0.1) is 18.9 Å². The molecule has 0 spiro atoms. The quantitative estimate of drug-likeness (QED) is 0.289. The zero-order valence-corrected chi connectivity index (χ0v) is 24.3. The number of benzene rings is 1. The number of aromatic nitrogens is 6. The Bertz CT molecular complexity index is 1910. The summed E-state index contributed by atoms with van der Waals surface area (Å²) in [6.07, 6.45) is 2.20. The van der Waals surface area contributed by atoms with Crippen LogP contribution in [0.3, 0.4) is 0 Å². The SMILES string of the molecule is C=CCn1c(=O)c2cnc(Nc3ccc(N4CCN(C(=O)O)C(C(F)(F)F)C4)cc3)nc2n1-c1cncc(N=S(C)(C)=O)n1. The van der Waals surface area contributed by atoms with Gasteiger partial charge < -0.3 is 15.3 Å². The van der Waals surface area contributed by atoms with Crippen molar-refractivity contribution in [2.24, 2.45) is 4.36 Å². The Morgan fingerprint density at radius 2 is 1.91 bits per heavy atom. The Hall–Kier alpha value is -5.00. The van der Waals surface area contributed by atoms with Crippen molar-refractivity contribution in [2.45, 2.75) is 18.8 Å². The molecule has 0 aliphatic carbocycles. The summed E-state index contributed by atoms with van der Waals surface area (Å²) in [4.78, 5) is 43.7. The van der Waals surface area contributed by atoms with Crippen molar-refractivity contribution in [3.8, 4) is 5.82 Å². The van der Waals surface area contributed by atoms with E-state index in [0.717, 1.165) is 0 Å². The number of anilines is 3. The highest BCUT2D eigenvalue weighted by atomic mass is 32.2. The first-order chi connectivity index (χ1) is 20.7. The van der Waals surface area contributed by atoms with E-state index < -0.39 is 40.1 Å². The summed E-state index contributed by atoms with van der Waals surface area (Å²) in [6, 6.07) is 4.30. The summed E-state index contributed by atoms with van der Waals surface area (Å²) in [7, 11) is -2.54. The first-order valence-corrected chi connectivity index (χ1v) is 15.4. The molecule has 14 nitrogen and oxygen atoms in total. The molecule has 1 aliphatic rings. The van der Waals surface area contributed by atoms with Gasteiger partial charge in [0.25, 0.3) is 5.56 Å². The largest absolute Gasteiger partial charge is 0.465 e. The highest BCUT2D eigenvalue weighted by Crippen LogP contribution is 2.31. The molecule has 1 unspecified atom stereocenters. The van der Waals surface area contributed by atoms with Gasteiger partial charge >= 0.3 is 12.3 Å². The molecular weight excluding hydrogens is 605 g/mol. The zero-order valence-electron chi connectivity index (χ0n) is 23.5. The number of fused-ring (bicyclic) bond motifs is 1. The zero-order chi connectivity index (χ0) is 31.8. The number of allylic oxidation sites excluding steroid dienone is 1. The third-order valence-corrected chi connectivity index (χ3v) is 7.24. The molecule has 232 valence electrons. The second kappa shape index (κ2) is 11.6. The van der Waals surface area contributed by atoms with Crippen LogP contribution in [0.4, 0.5) is 41.1 Å². The second-order valence-electron chi connectivity index (χ2n) is 10.1. The molecule has 0 bridgehead atoms. The molecule has 1 aliphatic heterocycles. The Morgan fingerprint density at radius 1 is 1.18 bits per heavy atom. The van der Waals surface area contributed by atoms with E-state index >= 15 is 0 Å². The summed E-state index contributed by atoms with van der Waals surface area (Å²) >= 11 is 0. The summed E-state index contributed by atoms with van der Waals surface area (Å²) in [5.41, 5.74) is 0.773. The van der Waals surface area contributed by atoms with Crippen LogP contribution in [0.1, 0.15) is 0 Å². The van der Waals surface area contributed by atoms with Gasteiger partial charge in [-0.3, -0.25) is 14.7 Å².